The van der Waals surface area contributed by atoms with E-state index in [1.54, 1.807) is 5.57 Å². The largest absolute Gasteiger partial charge is 0.310 e. The number of allylic oxidation sites excluding steroid dienone is 1. The molecular formula is C11H19N. The van der Waals surface area contributed by atoms with Gasteiger partial charge in [0.25, 0.3) is 0 Å². The smallest absolute Gasteiger partial charge is 0.0279 e. The third kappa shape index (κ3) is 1.89. The van der Waals surface area contributed by atoms with E-state index in [1.807, 2.05) is 0 Å². The Morgan fingerprint density at radius 3 is 2.83 bits per heavy atom. The van der Waals surface area contributed by atoms with Crippen molar-refractivity contribution >= 4 is 0 Å². The zero-order valence-corrected chi connectivity index (χ0v) is 7.81. The molecule has 1 nitrogen and oxygen atoms in total. The number of hydrogen-bond donors (Lipinski definition) is 1. The topological polar surface area (TPSA) is 12.0 Å². The molecule has 1 heterocycles. The summed E-state index contributed by atoms with van der Waals surface area (Å²) in [4.78, 5) is 0. The van der Waals surface area contributed by atoms with E-state index in [9.17, 15) is 0 Å². The molecular weight excluding hydrogens is 146 g/mol. The van der Waals surface area contributed by atoms with Crippen LogP contribution in [0.2, 0.25) is 0 Å². The zero-order valence-electron chi connectivity index (χ0n) is 7.81. The third-order valence-electron chi connectivity index (χ3n) is 3.08. The molecule has 0 bridgehead atoms. The van der Waals surface area contributed by atoms with Crippen LogP contribution < -0.4 is 5.32 Å². The molecule has 0 amide bonds. The average molecular weight is 165 g/mol. The first-order valence-electron chi connectivity index (χ1n) is 5.39. The summed E-state index contributed by atoms with van der Waals surface area (Å²) in [5.74, 6) is 0. The molecule has 1 aliphatic heterocycles. The van der Waals surface area contributed by atoms with E-state index in [4.69, 9.17) is 0 Å². The number of rotatable bonds is 1. The maximum Gasteiger partial charge on any atom is 0.0279 e. The summed E-state index contributed by atoms with van der Waals surface area (Å²) in [6, 6.07) is 0.749. The Morgan fingerprint density at radius 2 is 2.17 bits per heavy atom. The molecule has 0 aromatic heterocycles. The van der Waals surface area contributed by atoms with Crippen molar-refractivity contribution in [3.63, 3.8) is 0 Å². The first-order valence-corrected chi connectivity index (χ1v) is 5.39. The van der Waals surface area contributed by atoms with Crippen molar-refractivity contribution in [3.05, 3.63) is 11.6 Å². The van der Waals surface area contributed by atoms with E-state index < -0.39 is 0 Å². The Hall–Kier alpha value is -0.300. The van der Waals surface area contributed by atoms with E-state index in [-0.39, 0.29) is 0 Å². The highest BCUT2D eigenvalue weighted by molar-refractivity contribution is 5.13. The predicted octanol–water partition coefficient (Wildman–Crippen LogP) is 2.63. The molecule has 68 valence electrons. The minimum Gasteiger partial charge on any atom is -0.310 e. The van der Waals surface area contributed by atoms with Gasteiger partial charge in [-0.3, -0.25) is 0 Å². The number of hydrogen-bond acceptors (Lipinski definition) is 1. The van der Waals surface area contributed by atoms with Crippen LogP contribution in [0.1, 0.15) is 44.9 Å². The normalized spacial score (nSPS) is 31.3. The highest BCUT2D eigenvalue weighted by Crippen LogP contribution is 2.24. The third-order valence-corrected chi connectivity index (χ3v) is 3.08. The van der Waals surface area contributed by atoms with Crippen molar-refractivity contribution in [1.82, 2.24) is 5.32 Å². The molecule has 1 aliphatic carbocycles. The second-order valence-electron chi connectivity index (χ2n) is 4.03. The lowest BCUT2D eigenvalue weighted by molar-refractivity contribution is 0.424. The molecule has 0 saturated carbocycles. The minimum atomic E-state index is 0.749. The Morgan fingerprint density at radius 1 is 1.17 bits per heavy atom. The van der Waals surface area contributed by atoms with E-state index in [1.165, 1.54) is 51.5 Å². The summed E-state index contributed by atoms with van der Waals surface area (Å²) < 4.78 is 0. The van der Waals surface area contributed by atoms with Gasteiger partial charge >= 0.3 is 0 Å². The van der Waals surface area contributed by atoms with Crippen LogP contribution in [0, 0.1) is 0 Å². The van der Waals surface area contributed by atoms with Crippen molar-refractivity contribution in [3.8, 4) is 0 Å². The lowest BCUT2D eigenvalue weighted by atomic mass is 9.89. The predicted molar refractivity (Wildman–Crippen MR) is 52.2 cm³/mol. The van der Waals surface area contributed by atoms with Crippen LogP contribution >= 0.6 is 0 Å². The highest BCUT2D eigenvalue weighted by atomic mass is 14.9. The number of piperidine rings is 1. The lowest BCUT2D eigenvalue weighted by Crippen LogP contribution is -2.35. The Balaban J connectivity index is 1.92. The second-order valence-corrected chi connectivity index (χ2v) is 4.03. The van der Waals surface area contributed by atoms with Gasteiger partial charge in [-0.1, -0.05) is 18.1 Å². The molecule has 0 radical (unpaired) electrons. The monoisotopic (exact) mass is 165 g/mol. The molecule has 0 aromatic carbocycles. The Kier molecular flexibility index (Phi) is 2.83. The van der Waals surface area contributed by atoms with Gasteiger partial charge in [0.1, 0.15) is 0 Å². The van der Waals surface area contributed by atoms with Gasteiger partial charge < -0.3 is 5.32 Å². The van der Waals surface area contributed by atoms with Gasteiger partial charge in [0.2, 0.25) is 0 Å². The fourth-order valence-corrected chi connectivity index (χ4v) is 2.35. The van der Waals surface area contributed by atoms with Crippen molar-refractivity contribution in [2.45, 2.75) is 51.0 Å². The van der Waals surface area contributed by atoms with Gasteiger partial charge in [-0.25, -0.2) is 0 Å². The fourth-order valence-electron chi connectivity index (χ4n) is 2.35. The summed E-state index contributed by atoms with van der Waals surface area (Å²) >= 11 is 0. The van der Waals surface area contributed by atoms with Crippen molar-refractivity contribution in [2.75, 3.05) is 6.54 Å². The Bertz CT molecular complexity index is 166. The van der Waals surface area contributed by atoms with E-state index in [0.29, 0.717) is 0 Å². The highest BCUT2D eigenvalue weighted by Gasteiger charge is 2.17. The van der Waals surface area contributed by atoms with Gasteiger partial charge in [-0.15, -0.1) is 0 Å². The number of nitrogens with one attached hydrogen (secondary N) is 1. The summed E-state index contributed by atoms with van der Waals surface area (Å²) in [6.07, 6.45) is 12.2. The van der Waals surface area contributed by atoms with Gasteiger partial charge in [-0.05, 0) is 45.1 Å². The van der Waals surface area contributed by atoms with Crippen LogP contribution in [0.5, 0.6) is 0 Å². The summed E-state index contributed by atoms with van der Waals surface area (Å²) in [6.45, 7) is 1.24. The SMILES string of the molecule is C1=C(C2CCCCN2)CCCC1. The molecule has 1 unspecified atom stereocenters. The van der Waals surface area contributed by atoms with Crippen molar-refractivity contribution in [2.24, 2.45) is 0 Å². The van der Waals surface area contributed by atoms with Crippen molar-refractivity contribution < 1.29 is 0 Å². The maximum absolute atomic E-state index is 3.62. The van der Waals surface area contributed by atoms with Gasteiger partial charge in [0.05, 0.1) is 0 Å². The molecule has 1 atom stereocenters. The molecule has 1 heteroatoms. The first-order chi connectivity index (χ1) is 5.97. The maximum atomic E-state index is 3.62. The molecule has 0 spiro atoms. The molecule has 1 fully saturated rings. The van der Waals surface area contributed by atoms with Gasteiger partial charge in [-0.2, -0.15) is 0 Å². The lowest BCUT2D eigenvalue weighted by Gasteiger charge is -2.27. The van der Waals surface area contributed by atoms with Crippen LogP contribution in [0.15, 0.2) is 11.6 Å². The van der Waals surface area contributed by atoms with Crippen LogP contribution in [0.3, 0.4) is 0 Å². The van der Waals surface area contributed by atoms with Crippen LogP contribution in [0.4, 0.5) is 0 Å². The van der Waals surface area contributed by atoms with Crippen LogP contribution in [-0.4, -0.2) is 12.6 Å². The van der Waals surface area contributed by atoms with E-state index in [0.717, 1.165) is 6.04 Å². The molecule has 1 N–H and O–H groups in total. The first kappa shape index (κ1) is 8.31. The second kappa shape index (κ2) is 4.08. The van der Waals surface area contributed by atoms with Crippen LogP contribution in [-0.2, 0) is 0 Å². The summed E-state index contributed by atoms with van der Waals surface area (Å²) in [7, 11) is 0. The summed E-state index contributed by atoms with van der Waals surface area (Å²) in [5.41, 5.74) is 1.71. The Labute approximate surface area is 75.2 Å². The summed E-state index contributed by atoms with van der Waals surface area (Å²) in [5, 5.41) is 3.62. The fraction of sp³-hybridized carbons (Fsp3) is 0.818. The quantitative estimate of drug-likeness (QED) is 0.589. The molecule has 0 aromatic rings. The molecule has 2 rings (SSSR count). The van der Waals surface area contributed by atoms with Gasteiger partial charge in [0.15, 0.2) is 0 Å². The minimum absolute atomic E-state index is 0.749. The molecule has 12 heavy (non-hydrogen) atoms. The van der Waals surface area contributed by atoms with Crippen LogP contribution in [0.25, 0.3) is 0 Å². The average Bonchev–Trinajstić information content (AvgIpc) is 2.21. The molecule has 1 saturated heterocycles. The van der Waals surface area contributed by atoms with Gasteiger partial charge in [0, 0.05) is 6.04 Å². The van der Waals surface area contributed by atoms with E-state index >= 15 is 0 Å². The zero-order chi connectivity index (χ0) is 8.23. The standard InChI is InChI=1S/C11H19N/c1-2-6-10(7-3-1)11-8-4-5-9-12-11/h6,11-12H,1-5,7-9H2. The van der Waals surface area contributed by atoms with Crippen molar-refractivity contribution in [1.29, 1.82) is 0 Å². The molecule has 2 aliphatic rings. The van der Waals surface area contributed by atoms with E-state index in [2.05, 4.69) is 11.4 Å².